The van der Waals surface area contributed by atoms with Crippen LogP contribution in [0.2, 0.25) is 0 Å². The second-order valence-corrected chi connectivity index (χ2v) is 4.99. The first kappa shape index (κ1) is 13.6. The van der Waals surface area contributed by atoms with E-state index in [0.29, 0.717) is 0 Å². The summed E-state index contributed by atoms with van der Waals surface area (Å²) >= 11 is 0. The normalized spacial score (nSPS) is 11.2. The summed E-state index contributed by atoms with van der Waals surface area (Å²) in [6, 6.07) is 13.1. The summed E-state index contributed by atoms with van der Waals surface area (Å²) in [6.45, 7) is 8.72. The maximum absolute atomic E-state index is 2.24. The highest BCUT2D eigenvalue weighted by atomic mass is 14.2. The molecule has 2 aromatic carbocycles. The largest absolute Gasteiger partial charge is 0.0871 e. The quantitative estimate of drug-likeness (QED) is 0.668. The van der Waals surface area contributed by atoms with Gasteiger partial charge in [-0.05, 0) is 60.6 Å². The first-order chi connectivity index (χ1) is 9.19. The molecule has 0 bridgehead atoms. The summed E-state index contributed by atoms with van der Waals surface area (Å²) in [5.74, 6) is 0. The van der Waals surface area contributed by atoms with Gasteiger partial charge in [0, 0.05) is 0 Å². The molecule has 0 radical (unpaired) electrons. The van der Waals surface area contributed by atoms with Gasteiger partial charge in [0.25, 0.3) is 0 Å². The predicted octanol–water partition coefficient (Wildman–Crippen LogP) is 5.57. The van der Waals surface area contributed by atoms with Crippen molar-refractivity contribution in [1.29, 1.82) is 0 Å². The highest BCUT2D eigenvalue weighted by Gasteiger charge is 2.11. The highest BCUT2D eigenvalue weighted by molar-refractivity contribution is 5.77. The van der Waals surface area contributed by atoms with Crippen LogP contribution in [0, 0.1) is 13.8 Å². The molecule has 0 nitrogen and oxygen atoms in total. The van der Waals surface area contributed by atoms with E-state index in [9.17, 15) is 0 Å². The van der Waals surface area contributed by atoms with Crippen molar-refractivity contribution >= 4 is 6.08 Å². The third kappa shape index (κ3) is 2.63. The highest BCUT2D eigenvalue weighted by Crippen LogP contribution is 2.33. The molecule has 98 valence electrons. The number of benzene rings is 2. The van der Waals surface area contributed by atoms with Crippen molar-refractivity contribution in [3.8, 4) is 11.1 Å². The number of rotatable bonds is 3. The number of aryl methyl sites for hydroxylation is 2. The van der Waals surface area contributed by atoms with Crippen LogP contribution in [0.5, 0.6) is 0 Å². The molecule has 0 aromatic heterocycles. The molecule has 0 amide bonds. The van der Waals surface area contributed by atoms with Crippen LogP contribution in [0.15, 0.2) is 42.5 Å². The van der Waals surface area contributed by atoms with Gasteiger partial charge in [0.15, 0.2) is 0 Å². The lowest BCUT2D eigenvalue weighted by molar-refractivity contribution is 1.12. The van der Waals surface area contributed by atoms with E-state index in [1.807, 2.05) is 0 Å². The van der Waals surface area contributed by atoms with E-state index in [-0.39, 0.29) is 0 Å². The maximum atomic E-state index is 2.24. The molecular weight excluding hydrogens is 228 g/mol. The average Bonchev–Trinajstić information content (AvgIpc) is 2.41. The van der Waals surface area contributed by atoms with E-state index >= 15 is 0 Å². The van der Waals surface area contributed by atoms with Crippen LogP contribution in [-0.2, 0) is 6.42 Å². The predicted molar refractivity (Wildman–Crippen MR) is 85.4 cm³/mol. The monoisotopic (exact) mass is 250 g/mol. The molecule has 0 unspecified atom stereocenters. The Morgan fingerprint density at radius 1 is 0.947 bits per heavy atom. The van der Waals surface area contributed by atoms with E-state index in [1.54, 1.807) is 0 Å². The fourth-order valence-electron chi connectivity index (χ4n) is 2.73. The minimum atomic E-state index is 1.06. The first-order valence-corrected chi connectivity index (χ1v) is 7.00. The van der Waals surface area contributed by atoms with E-state index in [4.69, 9.17) is 0 Å². The van der Waals surface area contributed by atoms with Crippen LogP contribution < -0.4 is 0 Å². The summed E-state index contributed by atoms with van der Waals surface area (Å²) in [5, 5.41) is 0. The summed E-state index contributed by atoms with van der Waals surface area (Å²) in [5.41, 5.74) is 8.28. The standard InChI is InChI=1S/C19H22/c1-5-9-16-13-12-15(4)19(17(16)6-2)18-11-8-7-10-14(18)3/h5,7-13H,6H2,1-4H3/b9-5-. The Morgan fingerprint density at radius 2 is 1.68 bits per heavy atom. The Labute approximate surface area is 116 Å². The van der Waals surface area contributed by atoms with Gasteiger partial charge in [-0.15, -0.1) is 0 Å². The number of allylic oxidation sites excluding steroid dienone is 1. The second-order valence-electron chi connectivity index (χ2n) is 4.99. The second kappa shape index (κ2) is 5.88. The first-order valence-electron chi connectivity index (χ1n) is 7.00. The van der Waals surface area contributed by atoms with Gasteiger partial charge in [0.2, 0.25) is 0 Å². The lowest BCUT2D eigenvalue weighted by Gasteiger charge is -2.16. The molecule has 0 aliphatic rings. The topological polar surface area (TPSA) is 0 Å². The van der Waals surface area contributed by atoms with Gasteiger partial charge in [0.1, 0.15) is 0 Å². The van der Waals surface area contributed by atoms with Crippen LogP contribution in [0.25, 0.3) is 17.2 Å². The van der Waals surface area contributed by atoms with E-state index < -0.39 is 0 Å². The van der Waals surface area contributed by atoms with E-state index in [0.717, 1.165) is 6.42 Å². The molecule has 0 heterocycles. The van der Waals surface area contributed by atoms with Crippen LogP contribution in [0.3, 0.4) is 0 Å². The van der Waals surface area contributed by atoms with Gasteiger partial charge in [-0.2, -0.15) is 0 Å². The summed E-state index contributed by atoms with van der Waals surface area (Å²) < 4.78 is 0. The lowest BCUT2D eigenvalue weighted by Crippen LogP contribution is -1.96. The van der Waals surface area contributed by atoms with Crippen molar-refractivity contribution in [2.75, 3.05) is 0 Å². The van der Waals surface area contributed by atoms with E-state index in [1.165, 1.54) is 33.4 Å². The zero-order chi connectivity index (χ0) is 13.8. The summed E-state index contributed by atoms with van der Waals surface area (Å²) in [4.78, 5) is 0. The van der Waals surface area contributed by atoms with Crippen molar-refractivity contribution in [3.05, 3.63) is 64.7 Å². The molecule has 0 saturated heterocycles. The van der Waals surface area contributed by atoms with Crippen molar-refractivity contribution in [2.45, 2.75) is 34.1 Å². The Hall–Kier alpha value is -1.82. The average molecular weight is 250 g/mol. The molecule has 0 aliphatic heterocycles. The van der Waals surface area contributed by atoms with Crippen LogP contribution in [-0.4, -0.2) is 0 Å². The summed E-state index contributed by atoms with van der Waals surface area (Å²) in [6.07, 6.45) is 5.39. The molecule has 0 N–H and O–H groups in total. The smallest absolute Gasteiger partial charge is 0.0114 e. The molecule has 19 heavy (non-hydrogen) atoms. The van der Waals surface area contributed by atoms with Crippen molar-refractivity contribution < 1.29 is 0 Å². The number of hydrogen-bond acceptors (Lipinski definition) is 0. The molecule has 0 atom stereocenters. The number of hydrogen-bond donors (Lipinski definition) is 0. The van der Waals surface area contributed by atoms with Crippen LogP contribution >= 0.6 is 0 Å². The van der Waals surface area contributed by atoms with Crippen molar-refractivity contribution in [3.63, 3.8) is 0 Å². The van der Waals surface area contributed by atoms with Crippen LogP contribution in [0.4, 0.5) is 0 Å². The minimum Gasteiger partial charge on any atom is -0.0871 e. The Kier molecular flexibility index (Phi) is 4.21. The summed E-state index contributed by atoms with van der Waals surface area (Å²) in [7, 11) is 0. The third-order valence-corrected chi connectivity index (χ3v) is 3.67. The van der Waals surface area contributed by atoms with Gasteiger partial charge in [-0.3, -0.25) is 0 Å². The molecular formula is C19H22. The van der Waals surface area contributed by atoms with Gasteiger partial charge >= 0.3 is 0 Å². The maximum Gasteiger partial charge on any atom is -0.0114 e. The zero-order valence-corrected chi connectivity index (χ0v) is 12.3. The van der Waals surface area contributed by atoms with Gasteiger partial charge in [-0.25, -0.2) is 0 Å². The van der Waals surface area contributed by atoms with Gasteiger partial charge in [0.05, 0.1) is 0 Å². The Morgan fingerprint density at radius 3 is 2.32 bits per heavy atom. The molecule has 0 saturated carbocycles. The lowest BCUT2D eigenvalue weighted by atomic mass is 9.88. The Bertz CT molecular complexity index is 603. The van der Waals surface area contributed by atoms with Gasteiger partial charge in [-0.1, -0.05) is 55.5 Å². The Balaban J connectivity index is 2.75. The molecule has 0 fully saturated rings. The van der Waals surface area contributed by atoms with Crippen LogP contribution in [0.1, 0.15) is 36.1 Å². The van der Waals surface area contributed by atoms with Crippen molar-refractivity contribution in [2.24, 2.45) is 0 Å². The third-order valence-electron chi connectivity index (χ3n) is 3.67. The zero-order valence-electron chi connectivity index (χ0n) is 12.3. The minimum absolute atomic E-state index is 1.06. The molecule has 0 aliphatic carbocycles. The molecule has 2 rings (SSSR count). The van der Waals surface area contributed by atoms with Crippen molar-refractivity contribution in [1.82, 2.24) is 0 Å². The van der Waals surface area contributed by atoms with E-state index in [2.05, 4.69) is 76.2 Å². The fraction of sp³-hybridized carbons (Fsp3) is 0.263. The SMILES string of the molecule is C/C=C\c1ccc(C)c(-c2ccccc2C)c1CC. The van der Waals surface area contributed by atoms with Gasteiger partial charge < -0.3 is 0 Å². The fourth-order valence-corrected chi connectivity index (χ4v) is 2.73. The molecule has 0 heteroatoms. The molecule has 2 aromatic rings. The molecule has 0 spiro atoms.